The van der Waals surface area contributed by atoms with Crippen LogP contribution in [0.15, 0.2) is 12.1 Å². The monoisotopic (exact) mass is 294 g/mol. The third kappa shape index (κ3) is 5.66. The standard InChI is InChI=1S/C17H26O4/c1-2-3-4-5-6-7-8-9-10-14(18)13-11-12-15(19)17(21)16(13)20/h11-12,19-21H,2-10H2,1H3. The molecule has 0 aromatic heterocycles. The highest BCUT2D eigenvalue weighted by molar-refractivity contribution is 5.99. The molecule has 0 amide bonds. The van der Waals surface area contributed by atoms with Crippen LogP contribution >= 0.6 is 0 Å². The predicted molar refractivity (Wildman–Crippen MR) is 83.0 cm³/mol. The fourth-order valence-electron chi connectivity index (χ4n) is 2.35. The maximum Gasteiger partial charge on any atom is 0.201 e. The van der Waals surface area contributed by atoms with Gasteiger partial charge in [0.1, 0.15) is 0 Å². The van der Waals surface area contributed by atoms with Crippen LogP contribution in [-0.4, -0.2) is 21.1 Å². The molecule has 0 aliphatic heterocycles. The maximum absolute atomic E-state index is 12.0. The van der Waals surface area contributed by atoms with Crippen molar-refractivity contribution in [3.8, 4) is 17.2 Å². The topological polar surface area (TPSA) is 77.8 Å². The minimum atomic E-state index is -0.628. The SMILES string of the molecule is CCCCCCCCCCC(=O)c1ccc(O)c(O)c1O. The van der Waals surface area contributed by atoms with E-state index < -0.39 is 17.2 Å². The zero-order chi connectivity index (χ0) is 15.7. The normalized spacial score (nSPS) is 10.7. The molecule has 0 aliphatic rings. The quantitative estimate of drug-likeness (QED) is 0.337. The summed E-state index contributed by atoms with van der Waals surface area (Å²) in [7, 11) is 0. The van der Waals surface area contributed by atoms with Gasteiger partial charge in [-0.15, -0.1) is 0 Å². The Balaban J connectivity index is 2.27. The number of carbonyl (C=O) groups is 1. The molecule has 0 saturated heterocycles. The molecule has 118 valence electrons. The van der Waals surface area contributed by atoms with Crippen LogP contribution < -0.4 is 0 Å². The largest absolute Gasteiger partial charge is 0.504 e. The van der Waals surface area contributed by atoms with E-state index in [1.165, 1.54) is 44.2 Å². The van der Waals surface area contributed by atoms with Crippen LogP contribution in [0.4, 0.5) is 0 Å². The van der Waals surface area contributed by atoms with Gasteiger partial charge in [0, 0.05) is 6.42 Å². The van der Waals surface area contributed by atoms with E-state index in [0.717, 1.165) is 19.3 Å². The van der Waals surface area contributed by atoms with E-state index in [4.69, 9.17) is 0 Å². The summed E-state index contributed by atoms with van der Waals surface area (Å²) < 4.78 is 0. The van der Waals surface area contributed by atoms with Gasteiger partial charge in [-0.05, 0) is 18.6 Å². The van der Waals surface area contributed by atoms with Crippen molar-refractivity contribution in [3.63, 3.8) is 0 Å². The highest BCUT2D eigenvalue weighted by Gasteiger charge is 2.16. The highest BCUT2D eigenvalue weighted by atomic mass is 16.3. The smallest absolute Gasteiger partial charge is 0.201 e. The molecule has 4 nitrogen and oxygen atoms in total. The number of ketones is 1. The van der Waals surface area contributed by atoms with Gasteiger partial charge < -0.3 is 15.3 Å². The lowest BCUT2D eigenvalue weighted by atomic mass is 10.0. The van der Waals surface area contributed by atoms with Gasteiger partial charge in [0.2, 0.25) is 5.75 Å². The van der Waals surface area contributed by atoms with E-state index in [-0.39, 0.29) is 11.3 Å². The summed E-state index contributed by atoms with van der Waals surface area (Å²) in [5.74, 6) is -1.78. The van der Waals surface area contributed by atoms with Crippen molar-refractivity contribution in [3.05, 3.63) is 17.7 Å². The van der Waals surface area contributed by atoms with Gasteiger partial charge in [0.15, 0.2) is 17.3 Å². The number of carbonyl (C=O) groups excluding carboxylic acids is 1. The van der Waals surface area contributed by atoms with Gasteiger partial charge in [-0.25, -0.2) is 0 Å². The Labute approximate surface area is 126 Å². The zero-order valence-electron chi connectivity index (χ0n) is 12.8. The second kappa shape index (κ2) is 9.27. The van der Waals surface area contributed by atoms with Crippen molar-refractivity contribution in [1.29, 1.82) is 0 Å². The number of unbranched alkanes of at least 4 members (excludes halogenated alkanes) is 7. The molecule has 21 heavy (non-hydrogen) atoms. The third-order valence-corrected chi connectivity index (χ3v) is 3.69. The summed E-state index contributed by atoms with van der Waals surface area (Å²) in [5.41, 5.74) is 0.0771. The molecule has 0 bridgehead atoms. The Bertz CT molecular complexity index is 454. The molecule has 1 aromatic rings. The van der Waals surface area contributed by atoms with Crippen LogP contribution in [0.1, 0.15) is 75.1 Å². The molecular weight excluding hydrogens is 268 g/mol. The third-order valence-electron chi connectivity index (χ3n) is 3.69. The first-order valence-electron chi connectivity index (χ1n) is 7.85. The second-order valence-electron chi connectivity index (χ2n) is 5.48. The van der Waals surface area contributed by atoms with E-state index in [1.807, 2.05) is 0 Å². The molecule has 0 aliphatic carbocycles. The molecule has 0 fully saturated rings. The van der Waals surface area contributed by atoms with E-state index in [0.29, 0.717) is 6.42 Å². The van der Waals surface area contributed by atoms with Crippen molar-refractivity contribution in [2.24, 2.45) is 0 Å². The van der Waals surface area contributed by atoms with Crippen LogP contribution in [0, 0.1) is 0 Å². The number of benzene rings is 1. The molecule has 0 radical (unpaired) electrons. The van der Waals surface area contributed by atoms with Crippen molar-refractivity contribution in [2.75, 3.05) is 0 Å². The van der Waals surface area contributed by atoms with Crippen LogP contribution in [-0.2, 0) is 0 Å². The fraction of sp³-hybridized carbons (Fsp3) is 0.588. The van der Waals surface area contributed by atoms with E-state index >= 15 is 0 Å². The average Bonchev–Trinajstić information content (AvgIpc) is 2.47. The van der Waals surface area contributed by atoms with Gasteiger partial charge in [0.25, 0.3) is 0 Å². The fourth-order valence-corrected chi connectivity index (χ4v) is 2.35. The van der Waals surface area contributed by atoms with Crippen LogP contribution in [0.2, 0.25) is 0 Å². The zero-order valence-corrected chi connectivity index (χ0v) is 12.8. The van der Waals surface area contributed by atoms with Crippen molar-refractivity contribution in [1.82, 2.24) is 0 Å². The summed E-state index contributed by atoms with van der Waals surface area (Å²) in [5, 5.41) is 28.3. The van der Waals surface area contributed by atoms with Crippen molar-refractivity contribution >= 4 is 5.78 Å². The Morgan fingerprint density at radius 1 is 0.857 bits per heavy atom. The number of hydrogen-bond donors (Lipinski definition) is 3. The summed E-state index contributed by atoms with van der Waals surface area (Å²) >= 11 is 0. The number of phenolic OH excluding ortho intramolecular Hbond substituents is 3. The Morgan fingerprint density at radius 3 is 2.05 bits per heavy atom. The summed E-state index contributed by atoms with van der Waals surface area (Å²) in [6, 6.07) is 2.56. The summed E-state index contributed by atoms with van der Waals surface area (Å²) in [4.78, 5) is 12.0. The van der Waals surface area contributed by atoms with Gasteiger partial charge in [-0.3, -0.25) is 4.79 Å². The average molecular weight is 294 g/mol. The molecule has 0 unspecified atom stereocenters. The molecule has 0 heterocycles. The molecule has 0 spiro atoms. The van der Waals surface area contributed by atoms with Crippen LogP contribution in [0.3, 0.4) is 0 Å². The van der Waals surface area contributed by atoms with Crippen molar-refractivity contribution in [2.45, 2.75) is 64.7 Å². The Morgan fingerprint density at radius 2 is 1.43 bits per heavy atom. The van der Waals surface area contributed by atoms with E-state index in [2.05, 4.69) is 6.92 Å². The second-order valence-corrected chi connectivity index (χ2v) is 5.48. The lowest BCUT2D eigenvalue weighted by molar-refractivity contribution is 0.0975. The van der Waals surface area contributed by atoms with E-state index in [1.54, 1.807) is 0 Å². The Kier molecular flexibility index (Phi) is 7.65. The number of Topliss-reactive ketones (excluding diaryl/α,β-unsaturated/α-hetero) is 1. The van der Waals surface area contributed by atoms with Crippen molar-refractivity contribution < 1.29 is 20.1 Å². The first-order chi connectivity index (χ1) is 10.1. The first-order valence-corrected chi connectivity index (χ1v) is 7.85. The summed E-state index contributed by atoms with van der Waals surface area (Å²) in [6.07, 6.45) is 9.57. The molecule has 1 aromatic carbocycles. The first kappa shape index (κ1) is 17.3. The number of rotatable bonds is 10. The molecule has 4 heteroatoms. The van der Waals surface area contributed by atoms with Gasteiger partial charge >= 0.3 is 0 Å². The van der Waals surface area contributed by atoms with Gasteiger partial charge in [-0.2, -0.15) is 0 Å². The number of aromatic hydroxyl groups is 3. The Hall–Kier alpha value is -1.71. The molecule has 1 rings (SSSR count). The molecule has 3 N–H and O–H groups in total. The number of hydrogen-bond acceptors (Lipinski definition) is 4. The minimum absolute atomic E-state index is 0.0771. The number of phenols is 3. The van der Waals surface area contributed by atoms with Gasteiger partial charge in [0.05, 0.1) is 5.56 Å². The lowest BCUT2D eigenvalue weighted by Crippen LogP contribution is -1.99. The van der Waals surface area contributed by atoms with Crippen LogP contribution in [0.5, 0.6) is 17.2 Å². The lowest BCUT2D eigenvalue weighted by Gasteiger charge is -2.07. The maximum atomic E-state index is 12.0. The highest BCUT2D eigenvalue weighted by Crippen LogP contribution is 2.37. The van der Waals surface area contributed by atoms with E-state index in [9.17, 15) is 20.1 Å². The summed E-state index contributed by atoms with van der Waals surface area (Å²) in [6.45, 7) is 2.20. The molecular formula is C17H26O4. The van der Waals surface area contributed by atoms with Crippen LogP contribution in [0.25, 0.3) is 0 Å². The van der Waals surface area contributed by atoms with Gasteiger partial charge in [-0.1, -0.05) is 51.9 Å². The molecule has 0 atom stereocenters. The minimum Gasteiger partial charge on any atom is -0.504 e. The molecule has 0 saturated carbocycles. The predicted octanol–water partition coefficient (Wildman–Crippen LogP) is 4.52.